The van der Waals surface area contributed by atoms with Gasteiger partial charge in [0, 0.05) is 43.1 Å². The summed E-state index contributed by atoms with van der Waals surface area (Å²) in [5, 5.41) is 6.01. The molecule has 30 heavy (non-hydrogen) atoms. The average Bonchev–Trinajstić information content (AvgIpc) is 3.03. The van der Waals surface area contributed by atoms with E-state index in [2.05, 4.69) is 25.4 Å². The number of fused-ring (bicyclic) bond motifs is 1. The zero-order chi connectivity index (χ0) is 20.7. The van der Waals surface area contributed by atoms with E-state index < -0.39 is 0 Å². The highest BCUT2D eigenvalue weighted by atomic mass is 19.1. The first-order chi connectivity index (χ1) is 14.6. The lowest BCUT2D eigenvalue weighted by Crippen LogP contribution is -2.56. The molecule has 0 atom stereocenters. The summed E-state index contributed by atoms with van der Waals surface area (Å²) in [6.45, 7) is 7.44. The van der Waals surface area contributed by atoms with E-state index in [9.17, 15) is 9.18 Å². The summed E-state index contributed by atoms with van der Waals surface area (Å²) in [4.78, 5) is 21.7. The molecule has 2 saturated heterocycles. The first-order valence-corrected chi connectivity index (χ1v) is 10.2. The van der Waals surface area contributed by atoms with Gasteiger partial charge in [0.05, 0.1) is 36.7 Å². The highest BCUT2D eigenvalue weighted by Crippen LogP contribution is 2.34. The van der Waals surface area contributed by atoms with Gasteiger partial charge in [0.1, 0.15) is 11.6 Å². The fourth-order valence-corrected chi connectivity index (χ4v) is 4.19. The number of pyridine rings is 1. The zero-order valence-corrected chi connectivity index (χ0v) is 16.8. The van der Waals surface area contributed by atoms with E-state index >= 15 is 0 Å². The van der Waals surface area contributed by atoms with Crippen molar-refractivity contribution in [2.45, 2.75) is 13.0 Å². The Morgan fingerprint density at radius 3 is 2.67 bits per heavy atom. The number of nitrogens with one attached hydrogen (secondary N) is 2. The number of hydrogen-bond donors (Lipinski definition) is 2. The Labute approximate surface area is 174 Å². The monoisotopic (exact) mass is 409 g/mol. The average molecular weight is 409 g/mol. The lowest BCUT2D eigenvalue weighted by molar-refractivity contribution is -0.110. The van der Waals surface area contributed by atoms with Gasteiger partial charge in [0.2, 0.25) is 0 Å². The van der Waals surface area contributed by atoms with Crippen LogP contribution in [0, 0.1) is 5.82 Å². The molecule has 0 aliphatic carbocycles. The smallest absolute Gasteiger partial charge is 0.258 e. The van der Waals surface area contributed by atoms with Crippen molar-refractivity contribution < 1.29 is 13.9 Å². The van der Waals surface area contributed by atoms with Gasteiger partial charge in [-0.25, -0.2) is 9.37 Å². The Morgan fingerprint density at radius 2 is 2.00 bits per heavy atom. The number of hydrogen-bond acceptors (Lipinski definition) is 6. The molecule has 0 bridgehead atoms. The molecule has 4 heterocycles. The summed E-state index contributed by atoms with van der Waals surface area (Å²) in [7, 11) is 0. The van der Waals surface area contributed by atoms with Crippen LogP contribution in [0.25, 0.3) is 5.57 Å². The molecule has 0 spiro atoms. The predicted octanol–water partition coefficient (Wildman–Crippen LogP) is 2.54. The van der Waals surface area contributed by atoms with Gasteiger partial charge >= 0.3 is 0 Å². The lowest BCUT2D eigenvalue weighted by Gasteiger charge is -2.42. The molecule has 3 aliphatic rings. The Hall–Kier alpha value is -2.97. The van der Waals surface area contributed by atoms with Crippen molar-refractivity contribution >= 4 is 28.7 Å². The Kier molecular flexibility index (Phi) is 4.88. The van der Waals surface area contributed by atoms with Crippen LogP contribution in [0.5, 0.6) is 0 Å². The number of piperazine rings is 1. The van der Waals surface area contributed by atoms with Crippen molar-refractivity contribution in [1.29, 1.82) is 0 Å². The molecule has 2 fully saturated rings. The van der Waals surface area contributed by atoms with Gasteiger partial charge < -0.3 is 20.3 Å². The first-order valence-electron chi connectivity index (χ1n) is 10.2. The van der Waals surface area contributed by atoms with E-state index in [0.29, 0.717) is 28.6 Å². The molecule has 1 amide bonds. The van der Waals surface area contributed by atoms with Gasteiger partial charge in [-0.3, -0.25) is 9.69 Å². The van der Waals surface area contributed by atoms with E-state index in [-0.39, 0.29) is 11.7 Å². The molecule has 1 aromatic carbocycles. The van der Waals surface area contributed by atoms with Crippen molar-refractivity contribution in [3.8, 4) is 0 Å². The maximum Gasteiger partial charge on any atom is 0.258 e. The summed E-state index contributed by atoms with van der Waals surface area (Å²) in [6, 6.07) is 8.83. The molecule has 0 saturated carbocycles. The minimum atomic E-state index is -0.369. The second kappa shape index (κ2) is 7.70. The summed E-state index contributed by atoms with van der Waals surface area (Å²) >= 11 is 0. The van der Waals surface area contributed by atoms with Crippen LogP contribution in [-0.4, -0.2) is 61.2 Å². The number of nitrogens with zero attached hydrogens (tertiary/aromatic N) is 3. The second-order valence-corrected chi connectivity index (χ2v) is 7.89. The predicted molar refractivity (Wildman–Crippen MR) is 114 cm³/mol. The van der Waals surface area contributed by atoms with Crippen LogP contribution < -0.4 is 15.5 Å². The van der Waals surface area contributed by atoms with Crippen LogP contribution in [0.2, 0.25) is 0 Å². The third-order valence-electron chi connectivity index (χ3n) is 5.96. The number of anilines is 3. The lowest BCUT2D eigenvalue weighted by atomic mass is 10.1. The summed E-state index contributed by atoms with van der Waals surface area (Å²) in [5.74, 6) is 0.341. The number of ether oxygens (including phenoxy) is 1. The summed E-state index contributed by atoms with van der Waals surface area (Å²) in [6.07, 6.45) is 1.77. The maximum absolute atomic E-state index is 13.7. The van der Waals surface area contributed by atoms with Gasteiger partial charge in [0.15, 0.2) is 0 Å². The molecule has 8 heteroatoms. The van der Waals surface area contributed by atoms with E-state index in [1.54, 1.807) is 12.3 Å². The highest BCUT2D eigenvalue weighted by molar-refractivity contribution is 6.32. The molecule has 1 aromatic heterocycles. The standard InChI is InChI=1S/C22H24FN5O2/c1-14(21-18-10-15(23)2-4-19(18)26-22(21)29)25-16-3-5-20(24-11-16)28-8-6-27(7-9-28)17-12-30-13-17/h2-5,10-11,17,25H,6-9,12-13H2,1H3,(H,26,29)/b21-14-. The van der Waals surface area contributed by atoms with Crippen molar-refractivity contribution in [2.75, 3.05) is 54.9 Å². The Morgan fingerprint density at radius 1 is 1.20 bits per heavy atom. The van der Waals surface area contributed by atoms with E-state index in [1.807, 2.05) is 19.1 Å². The third-order valence-corrected chi connectivity index (χ3v) is 5.96. The minimum absolute atomic E-state index is 0.236. The van der Waals surface area contributed by atoms with Crippen LogP contribution in [0.4, 0.5) is 21.6 Å². The molecule has 5 rings (SSSR count). The van der Waals surface area contributed by atoms with Crippen molar-refractivity contribution in [1.82, 2.24) is 9.88 Å². The van der Waals surface area contributed by atoms with Gasteiger partial charge in [-0.05, 0) is 37.3 Å². The van der Waals surface area contributed by atoms with Crippen molar-refractivity contribution in [3.63, 3.8) is 0 Å². The second-order valence-electron chi connectivity index (χ2n) is 7.89. The van der Waals surface area contributed by atoms with Crippen molar-refractivity contribution in [3.05, 3.63) is 53.6 Å². The number of allylic oxidation sites excluding steroid dienone is 1. The fraction of sp³-hybridized carbons (Fsp3) is 0.364. The van der Waals surface area contributed by atoms with E-state index in [0.717, 1.165) is 50.9 Å². The Bertz CT molecular complexity index is 995. The van der Waals surface area contributed by atoms with Gasteiger partial charge in [0.25, 0.3) is 5.91 Å². The number of carbonyl (C=O) groups is 1. The minimum Gasteiger partial charge on any atom is -0.378 e. The SMILES string of the molecule is C/C(Nc1ccc(N2CCN(C3COC3)CC2)nc1)=C1/C(=O)Nc2ccc(F)cc21. The number of benzene rings is 1. The van der Waals surface area contributed by atoms with Crippen LogP contribution >= 0.6 is 0 Å². The number of rotatable bonds is 4. The maximum atomic E-state index is 13.7. The molecule has 7 nitrogen and oxygen atoms in total. The summed E-state index contributed by atoms with van der Waals surface area (Å²) in [5.41, 5.74) is 3.09. The number of aromatic nitrogens is 1. The molecule has 156 valence electrons. The highest BCUT2D eigenvalue weighted by Gasteiger charge is 2.29. The van der Waals surface area contributed by atoms with Crippen LogP contribution in [0.15, 0.2) is 42.2 Å². The van der Waals surface area contributed by atoms with Gasteiger partial charge in [-0.2, -0.15) is 0 Å². The van der Waals surface area contributed by atoms with Crippen LogP contribution in [-0.2, 0) is 9.53 Å². The fourth-order valence-electron chi connectivity index (χ4n) is 4.19. The normalized spacial score (nSPS) is 21.1. The molecular weight excluding hydrogens is 385 g/mol. The van der Waals surface area contributed by atoms with Crippen LogP contribution in [0.1, 0.15) is 12.5 Å². The molecule has 0 unspecified atom stereocenters. The van der Waals surface area contributed by atoms with Crippen molar-refractivity contribution in [2.24, 2.45) is 0 Å². The molecule has 2 aromatic rings. The molecule has 3 aliphatic heterocycles. The number of carbonyl (C=O) groups excluding carboxylic acids is 1. The van der Waals surface area contributed by atoms with Crippen LogP contribution in [0.3, 0.4) is 0 Å². The number of amides is 1. The van der Waals surface area contributed by atoms with Gasteiger partial charge in [-0.15, -0.1) is 0 Å². The van der Waals surface area contributed by atoms with E-state index in [4.69, 9.17) is 4.74 Å². The first kappa shape index (κ1) is 19.0. The topological polar surface area (TPSA) is 69.7 Å². The largest absolute Gasteiger partial charge is 0.378 e. The Balaban J connectivity index is 1.27. The molecule has 0 radical (unpaired) electrons. The quantitative estimate of drug-likeness (QED) is 0.757. The summed E-state index contributed by atoms with van der Waals surface area (Å²) < 4.78 is 19.0. The zero-order valence-electron chi connectivity index (χ0n) is 16.8. The molecule has 2 N–H and O–H groups in total. The van der Waals surface area contributed by atoms with E-state index in [1.165, 1.54) is 12.1 Å². The van der Waals surface area contributed by atoms with Gasteiger partial charge in [-0.1, -0.05) is 0 Å². The number of halogens is 1. The third kappa shape index (κ3) is 3.53. The molecular formula is C22H24FN5O2.